The molecule has 2 fully saturated rings. The van der Waals surface area contributed by atoms with E-state index in [1.54, 1.807) is 26.2 Å². The fourth-order valence-electron chi connectivity index (χ4n) is 3.82. The number of nitrogens with one attached hydrogen (secondary N) is 2. The smallest absolute Gasteiger partial charge is 0.243 e. The highest BCUT2D eigenvalue weighted by Gasteiger charge is 2.22. The Kier molecular flexibility index (Phi) is 10.8. The number of halogens is 2. The molecule has 2 N–H and O–H groups in total. The van der Waals surface area contributed by atoms with Crippen molar-refractivity contribution in [1.29, 1.82) is 0 Å². The molecule has 7 nitrogen and oxygen atoms in total. The quantitative estimate of drug-likeness (QED) is 0.326. The van der Waals surface area contributed by atoms with Gasteiger partial charge < -0.3 is 25.2 Å². The summed E-state index contributed by atoms with van der Waals surface area (Å²) in [5, 5.41) is 6.84. The first-order valence-electron chi connectivity index (χ1n) is 10.9. The Morgan fingerprint density at radius 3 is 2.84 bits per heavy atom. The van der Waals surface area contributed by atoms with Gasteiger partial charge in [-0.3, -0.25) is 4.79 Å². The zero-order chi connectivity index (χ0) is 21.3. The minimum Gasteiger partial charge on any atom is -0.376 e. The number of carbonyl (C=O) groups excluding carboxylic acids is 1. The Labute approximate surface area is 201 Å². The van der Waals surface area contributed by atoms with E-state index in [4.69, 9.17) is 4.74 Å². The van der Waals surface area contributed by atoms with Gasteiger partial charge in [0, 0.05) is 52.1 Å². The minimum absolute atomic E-state index is 0. The van der Waals surface area contributed by atoms with Crippen LogP contribution in [0.5, 0.6) is 0 Å². The van der Waals surface area contributed by atoms with Gasteiger partial charge in [0.2, 0.25) is 5.91 Å². The molecule has 0 aliphatic carbocycles. The van der Waals surface area contributed by atoms with Crippen molar-refractivity contribution in [2.24, 2.45) is 4.99 Å². The lowest BCUT2D eigenvalue weighted by Crippen LogP contribution is -2.52. The maximum absolute atomic E-state index is 13.6. The van der Waals surface area contributed by atoms with Crippen LogP contribution in [0.2, 0.25) is 0 Å². The van der Waals surface area contributed by atoms with E-state index in [2.05, 4.69) is 20.5 Å². The Balaban J connectivity index is 0.00000341. The number of ether oxygens (including phenoxy) is 1. The number of amides is 1. The van der Waals surface area contributed by atoms with Crippen molar-refractivity contribution in [2.45, 2.75) is 44.2 Å². The third kappa shape index (κ3) is 8.44. The average molecular weight is 547 g/mol. The SMILES string of the molecule is CN(C)C(=O)CN=C(NCC1CCCCO1)NC1CCCN(c2cccc(F)c2)C1.I. The number of piperidine rings is 1. The maximum Gasteiger partial charge on any atom is 0.243 e. The fourth-order valence-corrected chi connectivity index (χ4v) is 3.82. The van der Waals surface area contributed by atoms with Crippen molar-refractivity contribution in [3.63, 3.8) is 0 Å². The van der Waals surface area contributed by atoms with Gasteiger partial charge >= 0.3 is 0 Å². The lowest BCUT2D eigenvalue weighted by atomic mass is 10.0. The third-order valence-corrected chi connectivity index (χ3v) is 5.58. The van der Waals surface area contributed by atoms with Crippen molar-refractivity contribution in [3.05, 3.63) is 30.1 Å². The van der Waals surface area contributed by atoms with Crippen LogP contribution in [0, 0.1) is 5.82 Å². The van der Waals surface area contributed by atoms with Crippen molar-refractivity contribution < 1.29 is 13.9 Å². The van der Waals surface area contributed by atoms with Gasteiger partial charge in [-0.05, 0) is 50.3 Å². The molecule has 0 radical (unpaired) electrons. The Morgan fingerprint density at radius 2 is 2.13 bits per heavy atom. The number of likely N-dealkylation sites (N-methyl/N-ethyl adjacent to an activating group) is 1. The molecule has 0 saturated carbocycles. The minimum atomic E-state index is -0.221. The van der Waals surface area contributed by atoms with Gasteiger partial charge in [0.1, 0.15) is 12.4 Å². The number of nitrogens with zero attached hydrogens (tertiary/aromatic N) is 3. The molecule has 2 heterocycles. The average Bonchev–Trinajstić information content (AvgIpc) is 2.76. The number of rotatable bonds is 6. The van der Waals surface area contributed by atoms with E-state index >= 15 is 0 Å². The molecule has 2 saturated heterocycles. The first kappa shape index (κ1) is 25.6. The number of aliphatic imine (C=N–C) groups is 1. The fraction of sp³-hybridized carbons (Fsp3) is 0.636. The molecule has 1 aromatic carbocycles. The summed E-state index contributed by atoms with van der Waals surface area (Å²) in [6, 6.07) is 6.89. The van der Waals surface area contributed by atoms with Crippen LogP contribution in [0.4, 0.5) is 10.1 Å². The molecule has 9 heteroatoms. The molecule has 0 bridgehead atoms. The maximum atomic E-state index is 13.6. The first-order valence-corrected chi connectivity index (χ1v) is 10.9. The second-order valence-corrected chi connectivity index (χ2v) is 8.23. The number of hydrogen-bond donors (Lipinski definition) is 2. The van der Waals surface area contributed by atoms with E-state index in [1.165, 1.54) is 17.4 Å². The van der Waals surface area contributed by atoms with Crippen LogP contribution in [-0.4, -0.2) is 75.8 Å². The summed E-state index contributed by atoms with van der Waals surface area (Å²) in [5.41, 5.74) is 0.895. The number of benzene rings is 1. The highest BCUT2D eigenvalue weighted by Crippen LogP contribution is 2.20. The second-order valence-electron chi connectivity index (χ2n) is 8.23. The predicted molar refractivity (Wildman–Crippen MR) is 133 cm³/mol. The first-order chi connectivity index (χ1) is 14.5. The van der Waals surface area contributed by atoms with Crippen LogP contribution in [0.3, 0.4) is 0 Å². The summed E-state index contributed by atoms with van der Waals surface area (Å²) in [6.07, 6.45) is 5.50. The molecule has 2 unspecified atom stereocenters. The Hall–Kier alpha value is -1.62. The molecule has 1 amide bonds. The monoisotopic (exact) mass is 547 g/mol. The number of guanidine groups is 1. The van der Waals surface area contributed by atoms with E-state index in [1.807, 2.05) is 6.07 Å². The zero-order valence-electron chi connectivity index (χ0n) is 18.5. The van der Waals surface area contributed by atoms with Crippen LogP contribution in [0.25, 0.3) is 0 Å². The molecular weight excluding hydrogens is 512 g/mol. The third-order valence-electron chi connectivity index (χ3n) is 5.58. The van der Waals surface area contributed by atoms with Gasteiger partial charge in [-0.15, -0.1) is 24.0 Å². The molecule has 2 aliphatic rings. The molecule has 1 aromatic rings. The van der Waals surface area contributed by atoms with Crippen LogP contribution >= 0.6 is 24.0 Å². The number of anilines is 1. The normalized spacial score (nSPS) is 21.8. The van der Waals surface area contributed by atoms with Gasteiger partial charge in [0.25, 0.3) is 0 Å². The Bertz CT molecular complexity index is 728. The second kappa shape index (κ2) is 13.0. The molecule has 174 valence electrons. The van der Waals surface area contributed by atoms with Crippen LogP contribution in [-0.2, 0) is 9.53 Å². The van der Waals surface area contributed by atoms with E-state index in [-0.39, 0.29) is 54.4 Å². The van der Waals surface area contributed by atoms with Crippen molar-refractivity contribution in [3.8, 4) is 0 Å². The van der Waals surface area contributed by atoms with E-state index in [9.17, 15) is 9.18 Å². The summed E-state index contributed by atoms with van der Waals surface area (Å²) in [4.78, 5) is 20.2. The molecular formula is C22H35FIN5O2. The van der Waals surface area contributed by atoms with E-state index in [0.29, 0.717) is 12.5 Å². The van der Waals surface area contributed by atoms with E-state index < -0.39 is 0 Å². The summed E-state index contributed by atoms with van der Waals surface area (Å²) < 4.78 is 19.4. The van der Waals surface area contributed by atoms with Crippen LogP contribution in [0.15, 0.2) is 29.3 Å². The lowest BCUT2D eigenvalue weighted by Gasteiger charge is -2.35. The van der Waals surface area contributed by atoms with Crippen molar-refractivity contribution in [2.75, 3.05) is 51.8 Å². The molecule has 0 spiro atoms. The molecule has 31 heavy (non-hydrogen) atoms. The van der Waals surface area contributed by atoms with Gasteiger partial charge in [0.05, 0.1) is 6.10 Å². The highest BCUT2D eigenvalue weighted by atomic mass is 127. The number of carbonyl (C=O) groups is 1. The van der Waals surface area contributed by atoms with Gasteiger partial charge in [-0.1, -0.05) is 6.07 Å². The highest BCUT2D eigenvalue weighted by molar-refractivity contribution is 14.0. The largest absolute Gasteiger partial charge is 0.376 e. The lowest BCUT2D eigenvalue weighted by molar-refractivity contribution is -0.127. The van der Waals surface area contributed by atoms with Gasteiger partial charge in [-0.2, -0.15) is 0 Å². The summed E-state index contributed by atoms with van der Waals surface area (Å²) in [5.74, 6) is 0.363. The summed E-state index contributed by atoms with van der Waals surface area (Å²) >= 11 is 0. The van der Waals surface area contributed by atoms with Gasteiger partial charge in [0.15, 0.2) is 5.96 Å². The zero-order valence-corrected chi connectivity index (χ0v) is 20.8. The molecule has 3 rings (SSSR count). The summed E-state index contributed by atoms with van der Waals surface area (Å²) in [7, 11) is 3.46. The van der Waals surface area contributed by atoms with Crippen LogP contribution < -0.4 is 15.5 Å². The topological polar surface area (TPSA) is 69.2 Å². The summed E-state index contributed by atoms with van der Waals surface area (Å²) in [6.45, 7) is 3.22. The van der Waals surface area contributed by atoms with Crippen molar-refractivity contribution >= 4 is 41.5 Å². The number of hydrogen-bond acceptors (Lipinski definition) is 4. The molecule has 0 aromatic heterocycles. The Morgan fingerprint density at radius 1 is 1.29 bits per heavy atom. The molecule has 2 atom stereocenters. The standard InChI is InChI=1S/C22H34FN5O2.HI/c1-27(2)21(29)15-25-22(24-14-20-10-3-4-12-30-20)26-18-8-6-11-28(16-18)19-9-5-7-17(23)13-19;/h5,7,9,13,18,20H,3-4,6,8,10-12,14-16H2,1-2H3,(H2,24,25,26);1H. The van der Waals surface area contributed by atoms with E-state index in [0.717, 1.165) is 51.1 Å². The van der Waals surface area contributed by atoms with Crippen molar-refractivity contribution in [1.82, 2.24) is 15.5 Å². The van der Waals surface area contributed by atoms with Crippen LogP contribution in [0.1, 0.15) is 32.1 Å². The predicted octanol–water partition coefficient (Wildman–Crippen LogP) is 2.61. The molecule has 2 aliphatic heterocycles. The van der Waals surface area contributed by atoms with Gasteiger partial charge in [-0.25, -0.2) is 9.38 Å².